The molecule has 0 aliphatic carbocycles. The molecule has 28 heavy (non-hydrogen) atoms. The molecule has 0 amide bonds. The maximum Gasteiger partial charge on any atom is 0.340 e. The van der Waals surface area contributed by atoms with Crippen LogP contribution in [0.1, 0.15) is 27.0 Å². The molecule has 0 spiro atoms. The maximum absolute atomic E-state index is 14.5. The van der Waals surface area contributed by atoms with Gasteiger partial charge in [-0.1, -0.05) is 41.9 Å². The van der Waals surface area contributed by atoms with Crippen LogP contribution in [0.2, 0.25) is 10.0 Å². The summed E-state index contributed by atoms with van der Waals surface area (Å²) in [7, 11) is 1.28. The van der Waals surface area contributed by atoms with E-state index >= 15 is 0 Å². The number of hydrogen-bond donors (Lipinski definition) is 0. The Kier molecular flexibility index (Phi) is 5.33. The summed E-state index contributed by atoms with van der Waals surface area (Å²) in [6.45, 7) is 5.04. The van der Waals surface area contributed by atoms with E-state index in [9.17, 15) is 14.0 Å². The summed E-state index contributed by atoms with van der Waals surface area (Å²) in [5, 5.41) is 0.526. The third kappa shape index (κ3) is 3.43. The standard InChI is InChI=1S/C21H15Cl2FO4/c1-11-6-13(4-5-17(11)19(25)27-3)18-10-21(12(2)24,28-20(18)26)14-7-15(22)9-16(23)8-14/h4-10H,2H2,1,3H3. The van der Waals surface area contributed by atoms with E-state index in [4.69, 9.17) is 32.7 Å². The highest BCUT2D eigenvalue weighted by Gasteiger charge is 2.45. The molecule has 1 heterocycles. The molecule has 0 aromatic heterocycles. The van der Waals surface area contributed by atoms with E-state index in [-0.39, 0.29) is 21.2 Å². The fourth-order valence-electron chi connectivity index (χ4n) is 3.07. The number of hydrogen-bond acceptors (Lipinski definition) is 4. The van der Waals surface area contributed by atoms with E-state index in [1.54, 1.807) is 19.1 Å². The van der Waals surface area contributed by atoms with Crippen molar-refractivity contribution in [3.8, 4) is 0 Å². The van der Waals surface area contributed by atoms with Crippen LogP contribution in [0, 0.1) is 6.92 Å². The summed E-state index contributed by atoms with van der Waals surface area (Å²) in [5.74, 6) is -2.12. The molecular formula is C21H15Cl2FO4. The molecule has 1 aliphatic heterocycles. The van der Waals surface area contributed by atoms with Crippen LogP contribution in [0.25, 0.3) is 5.57 Å². The highest BCUT2D eigenvalue weighted by Crippen LogP contribution is 2.45. The fourth-order valence-corrected chi connectivity index (χ4v) is 3.59. The van der Waals surface area contributed by atoms with Crippen LogP contribution in [0.5, 0.6) is 0 Å². The van der Waals surface area contributed by atoms with E-state index < -0.39 is 23.4 Å². The largest absolute Gasteiger partial charge is 0.465 e. The van der Waals surface area contributed by atoms with Crippen molar-refractivity contribution >= 4 is 40.7 Å². The first kappa shape index (κ1) is 20.1. The Bertz CT molecular complexity index is 1020. The third-order valence-electron chi connectivity index (χ3n) is 4.46. The number of halogens is 3. The van der Waals surface area contributed by atoms with E-state index in [0.29, 0.717) is 16.7 Å². The Labute approximate surface area is 171 Å². The summed E-state index contributed by atoms with van der Waals surface area (Å²) in [5.41, 5.74) is -0.0402. The Hall–Kier alpha value is -2.63. The zero-order valence-electron chi connectivity index (χ0n) is 15.0. The normalized spacial score (nSPS) is 18.5. The summed E-state index contributed by atoms with van der Waals surface area (Å²) < 4.78 is 24.6. The number of cyclic esters (lactones) is 1. The second-order valence-corrected chi connectivity index (χ2v) is 7.14. The van der Waals surface area contributed by atoms with Crippen molar-refractivity contribution in [1.29, 1.82) is 0 Å². The minimum atomic E-state index is -1.84. The molecule has 0 fully saturated rings. The summed E-state index contributed by atoms with van der Waals surface area (Å²) in [4.78, 5) is 24.3. The first-order valence-electron chi connectivity index (χ1n) is 8.15. The smallest absolute Gasteiger partial charge is 0.340 e. The first-order valence-corrected chi connectivity index (χ1v) is 8.90. The number of aryl methyl sites for hydroxylation is 1. The monoisotopic (exact) mass is 420 g/mol. The number of ether oxygens (including phenoxy) is 2. The van der Waals surface area contributed by atoms with Gasteiger partial charge < -0.3 is 9.47 Å². The van der Waals surface area contributed by atoms with Crippen molar-refractivity contribution in [3.63, 3.8) is 0 Å². The second kappa shape index (κ2) is 7.41. The molecule has 2 aromatic rings. The highest BCUT2D eigenvalue weighted by atomic mass is 35.5. The number of benzene rings is 2. The molecule has 0 saturated heterocycles. The SMILES string of the molecule is C=C(F)C1(c2cc(Cl)cc(Cl)c2)C=C(c2ccc(C(=O)OC)c(C)c2)C(=O)O1. The lowest BCUT2D eigenvalue weighted by atomic mass is 9.90. The summed E-state index contributed by atoms with van der Waals surface area (Å²) in [6, 6.07) is 9.12. The predicted octanol–water partition coefficient (Wildman–Crippen LogP) is 5.41. The number of rotatable bonds is 4. The van der Waals surface area contributed by atoms with Gasteiger partial charge in [0.2, 0.25) is 5.60 Å². The van der Waals surface area contributed by atoms with Gasteiger partial charge in [0, 0.05) is 15.6 Å². The Morgan fingerprint density at radius 1 is 1.18 bits per heavy atom. The minimum absolute atomic E-state index is 0.134. The molecule has 144 valence electrons. The van der Waals surface area contributed by atoms with Gasteiger partial charge in [-0.25, -0.2) is 14.0 Å². The molecule has 0 bridgehead atoms. The molecule has 7 heteroatoms. The average molecular weight is 421 g/mol. The molecule has 1 aliphatic rings. The van der Waals surface area contributed by atoms with E-state index in [0.717, 1.165) is 0 Å². The highest BCUT2D eigenvalue weighted by molar-refractivity contribution is 6.34. The predicted molar refractivity (Wildman–Crippen MR) is 105 cm³/mol. The van der Waals surface area contributed by atoms with Crippen LogP contribution >= 0.6 is 23.2 Å². The van der Waals surface area contributed by atoms with Crippen LogP contribution in [0.4, 0.5) is 4.39 Å². The van der Waals surface area contributed by atoms with Gasteiger partial charge in [-0.3, -0.25) is 0 Å². The summed E-state index contributed by atoms with van der Waals surface area (Å²) >= 11 is 12.1. The topological polar surface area (TPSA) is 52.6 Å². The zero-order valence-corrected chi connectivity index (χ0v) is 16.5. The first-order chi connectivity index (χ1) is 13.2. The molecule has 3 rings (SSSR count). The van der Waals surface area contributed by atoms with Gasteiger partial charge in [0.05, 0.1) is 18.2 Å². The molecule has 4 nitrogen and oxygen atoms in total. The number of carbonyl (C=O) groups excluding carboxylic acids is 2. The number of methoxy groups -OCH3 is 1. The van der Waals surface area contributed by atoms with Crippen LogP contribution in [0.3, 0.4) is 0 Å². The molecular weight excluding hydrogens is 406 g/mol. The lowest BCUT2D eigenvalue weighted by Crippen LogP contribution is -2.26. The van der Waals surface area contributed by atoms with Crippen molar-refractivity contribution in [2.24, 2.45) is 0 Å². The molecule has 1 atom stereocenters. The van der Waals surface area contributed by atoms with Gasteiger partial charge in [0.1, 0.15) is 5.83 Å². The average Bonchev–Trinajstić information content (AvgIpc) is 2.99. The Balaban J connectivity index is 2.13. The van der Waals surface area contributed by atoms with E-state index in [1.165, 1.54) is 37.5 Å². The second-order valence-electron chi connectivity index (χ2n) is 6.27. The van der Waals surface area contributed by atoms with Crippen molar-refractivity contribution < 1.29 is 23.5 Å². The molecule has 1 unspecified atom stereocenters. The molecule has 0 saturated carbocycles. The number of esters is 2. The third-order valence-corrected chi connectivity index (χ3v) is 4.89. The molecule has 2 aromatic carbocycles. The van der Waals surface area contributed by atoms with Gasteiger partial charge in [-0.05, 0) is 48.4 Å². The van der Waals surface area contributed by atoms with Crippen molar-refractivity contribution in [2.75, 3.05) is 7.11 Å². The van der Waals surface area contributed by atoms with Gasteiger partial charge in [-0.2, -0.15) is 0 Å². The summed E-state index contributed by atoms with van der Waals surface area (Å²) in [6.07, 6.45) is 1.34. The lowest BCUT2D eigenvalue weighted by Gasteiger charge is -2.25. The number of carbonyl (C=O) groups is 2. The lowest BCUT2D eigenvalue weighted by molar-refractivity contribution is -0.144. The van der Waals surface area contributed by atoms with E-state index in [1.807, 2.05) is 0 Å². The Morgan fingerprint density at radius 3 is 2.36 bits per heavy atom. The molecule has 0 radical (unpaired) electrons. The quantitative estimate of drug-likeness (QED) is 0.620. The Morgan fingerprint density at radius 2 is 1.82 bits per heavy atom. The van der Waals surface area contributed by atoms with Gasteiger partial charge >= 0.3 is 11.9 Å². The van der Waals surface area contributed by atoms with Crippen molar-refractivity contribution in [1.82, 2.24) is 0 Å². The maximum atomic E-state index is 14.5. The minimum Gasteiger partial charge on any atom is -0.465 e. The molecule has 0 N–H and O–H groups in total. The van der Waals surface area contributed by atoms with Crippen LogP contribution in [0.15, 0.2) is 54.9 Å². The van der Waals surface area contributed by atoms with Gasteiger partial charge in [-0.15, -0.1) is 0 Å². The van der Waals surface area contributed by atoms with Crippen LogP contribution < -0.4 is 0 Å². The fraction of sp³-hybridized carbons (Fsp3) is 0.143. The van der Waals surface area contributed by atoms with Crippen LogP contribution in [-0.2, 0) is 19.9 Å². The zero-order chi connectivity index (χ0) is 20.6. The van der Waals surface area contributed by atoms with Gasteiger partial charge in [0.15, 0.2) is 0 Å². The van der Waals surface area contributed by atoms with E-state index in [2.05, 4.69) is 6.58 Å². The van der Waals surface area contributed by atoms with Crippen molar-refractivity contribution in [2.45, 2.75) is 12.5 Å². The van der Waals surface area contributed by atoms with Gasteiger partial charge in [0.25, 0.3) is 0 Å². The van der Waals surface area contributed by atoms with Crippen molar-refractivity contribution in [3.05, 3.63) is 87.2 Å². The van der Waals surface area contributed by atoms with Crippen LogP contribution in [-0.4, -0.2) is 19.0 Å².